The molecule has 200 valence electrons. The summed E-state index contributed by atoms with van der Waals surface area (Å²) in [5, 5.41) is 0. The molecular weight excluding hydrogens is 396 g/mol. The summed E-state index contributed by atoms with van der Waals surface area (Å²) in [5.41, 5.74) is 1.59. The van der Waals surface area contributed by atoms with Gasteiger partial charge in [0, 0.05) is 0 Å². The number of fused-ring (bicyclic) bond motifs is 1. The number of rotatable bonds is 10. The van der Waals surface area contributed by atoms with E-state index in [1.807, 2.05) is 27.7 Å². The highest BCUT2D eigenvalue weighted by Gasteiger charge is 2.66. The molecule has 0 heteroatoms. The quantitative estimate of drug-likeness (QED) is 0.301. The van der Waals surface area contributed by atoms with Crippen LogP contribution in [0.2, 0.25) is 0 Å². The molecular formula is C33H68. The van der Waals surface area contributed by atoms with Gasteiger partial charge in [-0.1, -0.05) is 141 Å². The Morgan fingerprint density at radius 3 is 1.91 bits per heavy atom. The number of unbranched alkanes of at least 4 members (excludes halogenated alkanes) is 1. The van der Waals surface area contributed by atoms with Crippen molar-refractivity contribution in [2.45, 2.75) is 167 Å². The molecule has 33 heavy (non-hydrogen) atoms. The lowest BCUT2D eigenvalue weighted by Crippen LogP contribution is -2.64. The largest absolute Gasteiger partial charge is 0.0683 e. The van der Waals surface area contributed by atoms with Crippen molar-refractivity contribution < 1.29 is 0 Å². The maximum absolute atomic E-state index is 2.77. The molecule has 2 aliphatic rings. The third-order valence-electron chi connectivity index (χ3n) is 10.7. The van der Waals surface area contributed by atoms with E-state index in [0.717, 1.165) is 29.6 Å². The Kier molecular flexibility index (Phi) is 15.2. The second-order valence-electron chi connectivity index (χ2n) is 12.7. The third kappa shape index (κ3) is 7.03. The second kappa shape index (κ2) is 15.2. The summed E-state index contributed by atoms with van der Waals surface area (Å²) in [7, 11) is 0. The van der Waals surface area contributed by atoms with Gasteiger partial charge in [-0.3, -0.25) is 0 Å². The molecule has 0 nitrogen and oxygen atoms in total. The zero-order valence-corrected chi connectivity index (χ0v) is 25.9. The van der Waals surface area contributed by atoms with Crippen LogP contribution < -0.4 is 0 Å². The zero-order valence-electron chi connectivity index (χ0n) is 25.9. The maximum atomic E-state index is 2.77. The predicted molar refractivity (Wildman–Crippen MR) is 154 cm³/mol. The van der Waals surface area contributed by atoms with E-state index in [1.165, 1.54) is 77.0 Å². The minimum atomic E-state index is 0.508. The van der Waals surface area contributed by atoms with Crippen molar-refractivity contribution in [1.82, 2.24) is 0 Å². The van der Waals surface area contributed by atoms with Crippen molar-refractivity contribution in [3.05, 3.63) is 0 Å². The summed E-state index contributed by atoms with van der Waals surface area (Å²) in [5.74, 6) is 4.38. The lowest BCUT2D eigenvalue weighted by molar-refractivity contribution is -0.223. The van der Waals surface area contributed by atoms with Crippen LogP contribution in [0.1, 0.15) is 167 Å². The summed E-state index contributed by atoms with van der Waals surface area (Å²) >= 11 is 0. The molecule has 7 unspecified atom stereocenters. The fraction of sp³-hybridized carbons (Fsp3) is 1.00. The van der Waals surface area contributed by atoms with Gasteiger partial charge in [0.05, 0.1) is 0 Å². The molecule has 0 amide bonds. The average Bonchev–Trinajstić information content (AvgIpc) is 2.81. The Morgan fingerprint density at radius 2 is 1.36 bits per heavy atom. The van der Waals surface area contributed by atoms with E-state index in [2.05, 4.69) is 62.3 Å². The molecule has 0 aromatic rings. The summed E-state index contributed by atoms with van der Waals surface area (Å²) in [6.07, 6.45) is 17.3. The van der Waals surface area contributed by atoms with Crippen molar-refractivity contribution >= 4 is 0 Å². The molecule has 0 aliphatic heterocycles. The van der Waals surface area contributed by atoms with Crippen LogP contribution in [0.5, 0.6) is 0 Å². The third-order valence-corrected chi connectivity index (χ3v) is 10.7. The molecule has 0 heterocycles. The van der Waals surface area contributed by atoms with Gasteiger partial charge in [0.1, 0.15) is 0 Å². The van der Waals surface area contributed by atoms with E-state index in [-0.39, 0.29) is 0 Å². The van der Waals surface area contributed by atoms with Gasteiger partial charge in [-0.05, 0) is 71.5 Å². The van der Waals surface area contributed by atoms with Crippen LogP contribution in [-0.4, -0.2) is 0 Å². The minimum Gasteiger partial charge on any atom is -0.0683 e. The highest BCUT2D eigenvalue weighted by Crippen LogP contribution is 2.73. The van der Waals surface area contributed by atoms with Gasteiger partial charge in [0.2, 0.25) is 0 Å². The molecule has 2 saturated carbocycles. The molecule has 0 bridgehead atoms. The molecule has 0 radical (unpaired) electrons. The van der Waals surface area contributed by atoms with Gasteiger partial charge in [0.25, 0.3) is 0 Å². The Morgan fingerprint density at radius 1 is 0.758 bits per heavy atom. The van der Waals surface area contributed by atoms with E-state index in [0.29, 0.717) is 16.2 Å². The molecule has 0 aromatic heterocycles. The van der Waals surface area contributed by atoms with Crippen molar-refractivity contribution in [2.24, 2.45) is 45.8 Å². The summed E-state index contributed by atoms with van der Waals surface area (Å²) in [4.78, 5) is 0. The van der Waals surface area contributed by atoms with Crippen LogP contribution in [0.25, 0.3) is 0 Å². The van der Waals surface area contributed by atoms with Gasteiger partial charge in [-0.15, -0.1) is 0 Å². The molecule has 2 fully saturated rings. The maximum Gasteiger partial charge on any atom is -0.0159 e. The van der Waals surface area contributed by atoms with Crippen LogP contribution in [0.15, 0.2) is 0 Å². The predicted octanol–water partition coefficient (Wildman–Crippen LogP) is 12.0. The normalized spacial score (nSPS) is 35.5. The first-order valence-corrected chi connectivity index (χ1v) is 15.5. The minimum absolute atomic E-state index is 0.508. The van der Waals surface area contributed by atoms with E-state index in [4.69, 9.17) is 0 Å². The molecule has 0 aromatic carbocycles. The smallest absolute Gasteiger partial charge is 0.0159 e. The van der Waals surface area contributed by atoms with E-state index in [1.54, 1.807) is 0 Å². The van der Waals surface area contributed by atoms with Crippen LogP contribution in [0.4, 0.5) is 0 Å². The van der Waals surface area contributed by atoms with Crippen LogP contribution in [-0.2, 0) is 0 Å². The molecule has 0 saturated heterocycles. The monoisotopic (exact) mass is 465 g/mol. The topological polar surface area (TPSA) is 0 Å². The Bertz CT molecular complexity index is 492. The lowest BCUT2D eigenvalue weighted by atomic mass is 9.34. The van der Waals surface area contributed by atoms with Crippen LogP contribution >= 0.6 is 0 Å². The Labute approximate surface area is 212 Å². The Hall–Kier alpha value is 0. The highest BCUT2D eigenvalue weighted by atomic mass is 14.7. The van der Waals surface area contributed by atoms with Crippen molar-refractivity contribution in [1.29, 1.82) is 0 Å². The SMILES string of the molecule is CC.CC.CCCCC(C)C12CCCC(C)C1(C)CCC(C)C2(C)CCC(C)CCC(C)C. The average molecular weight is 465 g/mol. The summed E-state index contributed by atoms with van der Waals surface area (Å²) in [6.45, 7) is 31.1. The summed E-state index contributed by atoms with van der Waals surface area (Å²) < 4.78 is 0. The van der Waals surface area contributed by atoms with Crippen molar-refractivity contribution in [3.8, 4) is 0 Å². The van der Waals surface area contributed by atoms with Crippen molar-refractivity contribution in [2.75, 3.05) is 0 Å². The fourth-order valence-corrected chi connectivity index (χ4v) is 8.32. The number of hydrogen-bond donors (Lipinski definition) is 0. The van der Waals surface area contributed by atoms with Crippen LogP contribution in [0.3, 0.4) is 0 Å². The van der Waals surface area contributed by atoms with Gasteiger partial charge < -0.3 is 0 Å². The number of hydrogen-bond acceptors (Lipinski definition) is 0. The summed E-state index contributed by atoms with van der Waals surface area (Å²) in [6, 6.07) is 0. The second-order valence-corrected chi connectivity index (χ2v) is 12.7. The van der Waals surface area contributed by atoms with Gasteiger partial charge >= 0.3 is 0 Å². The van der Waals surface area contributed by atoms with E-state index in [9.17, 15) is 0 Å². The van der Waals surface area contributed by atoms with Gasteiger partial charge in [0.15, 0.2) is 0 Å². The zero-order chi connectivity index (χ0) is 25.9. The molecule has 2 aliphatic carbocycles. The van der Waals surface area contributed by atoms with Gasteiger partial charge in [-0.2, -0.15) is 0 Å². The van der Waals surface area contributed by atoms with Gasteiger partial charge in [-0.25, -0.2) is 0 Å². The van der Waals surface area contributed by atoms with Crippen LogP contribution in [0, 0.1) is 45.8 Å². The van der Waals surface area contributed by atoms with E-state index >= 15 is 0 Å². The first-order chi connectivity index (χ1) is 15.5. The molecule has 7 atom stereocenters. The van der Waals surface area contributed by atoms with Crippen molar-refractivity contribution in [3.63, 3.8) is 0 Å². The lowest BCUT2D eigenvalue weighted by Gasteiger charge is -2.71. The first-order valence-electron chi connectivity index (χ1n) is 15.5. The standard InChI is InChI=1S/C29H56.2C2H6/c1-10-11-13-26(7)29-19-12-14-24(5)28(29,9)21-18-25(6)27(29,8)20-17-23(4)16-15-22(2)3;2*1-2/h22-26H,10-21H2,1-9H3;2*1-2H3. The molecule has 0 N–H and O–H groups in total. The molecule has 2 rings (SSSR count). The Balaban J connectivity index is 0.00000242. The molecule has 0 spiro atoms. The highest BCUT2D eigenvalue weighted by molar-refractivity contribution is 5.14. The van der Waals surface area contributed by atoms with E-state index < -0.39 is 0 Å². The fourth-order valence-electron chi connectivity index (χ4n) is 8.32. The first kappa shape index (κ1) is 33.0.